The number of pyridine rings is 2. The molecule has 1 amide bonds. The van der Waals surface area contributed by atoms with Gasteiger partial charge in [-0.3, -0.25) is 9.59 Å². The second kappa shape index (κ2) is 6.86. The van der Waals surface area contributed by atoms with Crippen molar-refractivity contribution in [2.75, 3.05) is 12.4 Å². The minimum absolute atomic E-state index is 0.222. The van der Waals surface area contributed by atoms with Crippen LogP contribution in [0.5, 0.6) is 5.75 Å². The van der Waals surface area contributed by atoms with E-state index in [4.69, 9.17) is 10.5 Å². The molecule has 0 radical (unpaired) electrons. The van der Waals surface area contributed by atoms with Crippen molar-refractivity contribution in [2.45, 2.75) is 0 Å². The fourth-order valence-corrected chi connectivity index (χ4v) is 3.21. The zero-order valence-electron chi connectivity index (χ0n) is 15.0. The fraction of sp³-hybridized carbons (Fsp3) is 0.0500. The number of halogens is 2. The highest BCUT2D eigenvalue weighted by Crippen LogP contribution is 2.35. The van der Waals surface area contributed by atoms with Crippen LogP contribution in [0.25, 0.3) is 21.8 Å². The van der Waals surface area contributed by atoms with Gasteiger partial charge in [0.25, 0.3) is 11.5 Å². The van der Waals surface area contributed by atoms with Gasteiger partial charge in [0.15, 0.2) is 17.4 Å². The molecule has 2 aromatic heterocycles. The van der Waals surface area contributed by atoms with Crippen molar-refractivity contribution in [3.63, 3.8) is 0 Å². The predicted octanol–water partition coefficient (Wildman–Crippen LogP) is 3.21. The lowest BCUT2D eigenvalue weighted by molar-refractivity contribution is 0.0995. The lowest BCUT2D eigenvalue weighted by Crippen LogP contribution is -2.15. The number of rotatable bonds is 4. The molecule has 4 aromatic rings. The Bertz CT molecular complexity index is 1350. The summed E-state index contributed by atoms with van der Waals surface area (Å²) >= 11 is 0. The Kier molecular flexibility index (Phi) is 4.34. The van der Waals surface area contributed by atoms with Gasteiger partial charge in [-0.2, -0.15) is 0 Å². The van der Waals surface area contributed by atoms with Crippen molar-refractivity contribution in [1.82, 2.24) is 9.97 Å². The van der Waals surface area contributed by atoms with Crippen LogP contribution in [0, 0.1) is 11.6 Å². The number of nitrogens with two attached hydrogens (primary N) is 1. The number of aromatic nitrogens is 2. The summed E-state index contributed by atoms with van der Waals surface area (Å²) in [7, 11) is 1.08. The minimum atomic E-state index is -1.18. The first-order valence-corrected chi connectivity index (χ1v) is 8.45. The molecule has 146 valence electrons. The van der Waals surface area contributed by atoms with E-state index in [1.807, 2.05) is 0 Å². The zero-order chi connectivity index (χ0) is 20.7. The zero-order valence-corrected chi connectivity index (χ0v) is 15.0. The summed E-state index contributed by atoms with van der Waals surface area (Å²) in [6.07, 6.45) is 1.42. The van der Waals surface area contributed by atoms with Crippen LogP contribution in [-0.2, 0) is 0 Å². The molecule has 2 heterocycles. The number of H-pyrrole nitrogens is 1. The Morgan fingerprint density at radius 1 is 1.14 bits per heavy atom. The molecule has 0 aliphatic carbocycles. The van der Waals surface area contributed by atoms with Gasteiger partial charge in [-0.05, 0) is 18.2 Å². The van der Waals surface area contributed by atoms with Crippen LogP contribution in [0.2, 0.25) is 0 Å². The molecule has 0 fully saturated rings. The highest BCUT2D eigenvalue weighted by molar-refractivity contribution is 6.11. The lowest BCUT2D eigenvalue weighted by atomic mass is 10.1. The number of benzene rings is 2. The number of nitrogens with zero attached hydrogens (tertiary/aromatic N) is 1. The lowest BCUT2D eigenvalue weighted by Gasteiger charge is -2.15. The molecular weight excluding hydrogens is 382 g/mol. The molecule has 0 saturated heterocycles. The maximum Gasteiger partial charge on any atom is 0.257 e. The molecule has 4 rings (SSSR count). The fourth-order valence-electron chi connectivity index (χ4n) is 3.21. The largest absolute Gasteiger partial charge is 0.491 e. The Hall–Kier alpha value is -4.01. The van der Waals surface area contributed by atoms with E-state index in [2.05, 4.69) is 15.3 Å². The van der Waals surface area contributed by atoms with Crippen LogP contribution in [-0.4, -0.2) is 23.0 Å². The Morgan fingerprint density at radius 3 is 2.55 bits per heavy atom. The number of carbonyl (C=O) groups excluding carboxylic acids is 1. The van der Waals surface area contributed by atoms with Crippen molar-refractivity contribution in [3.8, 4) is 5.75 Å². The van der Waals surface area contributed by atoms with Crippen molar-refractivity contribution >= 4 is 39.1 Å². The van der Waals surface area contributed by atoms with Crippen LogP contribution >= 0.6 is 0 Å². The minimum Gasteiger partial charge on any atom is -0.491 e. The number of aromatic amines is 1. The average Bonchev–Trinajstić information content (AvgIpc) is 2.70. The van der Waals surface area contributed by atoms with Gasteiger partial charge < -0.3 is 20.8 Å². The number of hydrogen-bond donors (Lipinski definition) is 3. The highest BCUT2D eigenvalue weighted by Gasteiger charge is 2.23. The van der Waals surface area contributed by atoms with Crippen molar-refractivity contribution in [1.29, 1.82) is 0 Å². The molecule has 0 spiro atoms. The first kappa shape index (κ1) is 18.4. The van der Waals surface area contributed by atoms with E-state index in [0.29, 0.717) is 21.8 Å². The number of amides is 1. The van der Waals surface area contributed by atoms with Crippen LogP contribution in [0.15, 0.2) is 47.4 Å². The summed E-state index contributed by atoms with van der Waals surface area (Å²) in [5, 5.41) is 4.36. The SMILES string of the molecule is COc1c(F)c(Nc2ccnc3[nH]c(=O)c4ccccc4c23)cc(C(N)=O)c1F. The van der Waals surface area contributed by atoms with E-state index in [9.17, 15) is 18.4 Å². The molecular formula is C20H14F2N4O3. The van der Waals surface area contributed by atoms with Crippen molar-refractivity contribution in [3.05, 3.63) is 70.1 Å². The number of methoxy groups -OCH3 is 1. The van der Waals surface area contributed by atoms with E-state index in [-0.39, 0.29) is 16.9 Å². The molecule has 7 nitrogen and oxygen atoms in total. The topological polar surface area (TPSA) is 110 Å². The first-order chi connectivity index (χ1) is 13.9. The van der Waals surface area contributed by atoms with E-state index < -0.39 is 28.9 Å². The number of primary amides is 1. The van der Waals surface area contributed by atoms with Gasteiger partial charge in [0.05, 0.1) is 24.0 Å². The van der Waals surface area contributed by atoms with Crippen LogP contribution in [0.4, 0.5) is 20.2 Å². The number of hydrogen-bond acceptors (Lipinski definition) is 5. The van der Waals surface area contributed by atoms with Crippen molar-refractivity contribution < 1.29 is 18.3 Å². The molecule has 29 heavy (non-hydrogen) atoms. The van der Waals surface area contributed by atoms with Gasteiger partial charge in [-0.1, -0.05) is 18.2 Å². The summed E-state index contributed by atoms with van der Waals surface area (Å²) in [4.78, 5) is 30.7. The second-order valence-corrected chi connectivity index (χ2v) is 6.20. The maximum atomic E-state index is 14.8. The predicted molar refractivity (Wildman–Crippen MR) is 105 cm³/mol. The van der Waals surface area contributed by atoms with Crippen LogP contribution in [0.3, 0.4) is 0 Å². The van der Waals surface area contributed by atoms with Crippen molar-refractivity contribution in [2.24, 2.45) is 5.73 Å². The summed E-state index contributed by atoms with van der Waals surface area (Å²) in [5.41, 5.74) is 4.79. The van der Waals surface area contributed by atoms with Gasteiger partial charge in [0, 0.05) is 22.4 Å². The second-order valence-electron chi connectivity index (χ2n) is 6.20. The number of anilines is 2. The quantitative estimate of drug-likeness (QED) is 0.459. The van der Waals surface area contributed by atoms with Crippen LogP contribution in [0.1, 0.15) is 10.4 Å². The molecule has 0 bridgehead atoms. The molecule has 4 N–H and O–H groups in total. The summed E-state index contributed by atoms with van der Waals surface area (Å²) in [6, 6.07) is 9.39. The molecule has 0 unspecified atom stereocenters. The smallest absolute Gasteiger partial charge is 0.257 e. The monoisotopic (exact) mass is 396 g/mol. The van der Waals surface area contributed by atoms with Crippen LogP contribution < -0.4 is 21.3 Å². The highest BCUT2D eigenvalue weighted by atomic mass is 19.1. The van der Waals surface area contributed by atoms with E-state index in [0.717, 1.165) is 13.2 Å². The van der Waals surface area contributed by atoms with Gasteiger partial charge in [-0.25, -0.2) is 13.8 Å². The summed E-state index contributed by atoms with van der Waals surface area (Å²) in [5.74, 6) is -4.02. The number of ether oxygens (including phenoxy) is 1. The Labute approximate surface area is 162 Å². The first-order valence-electron chi connectivity index (χ1n) is 8.45. The Balaban J connectivity index is 1.99. The average molecular weight is 396 g/mol. The molecule has 2 aromatic carbocycles. The van der Waals surface area contributed by atoms with Gasteiger partial charge in [0.1, 0.15) is 5.65 Å². The third-order valence-electron chi connectivity index (χ3n) is 4.52. The Morgan fingerprint density at radius 2 is 1.86 bits per heavy atom. The standard InChI is InChI=1S/C20H14F2N4O3/c1-29-17-15(21)11(18(23)27)8-13(16(17)22)25-12-6-7-24-19-14(12)9-4-2-3-5-10(9)20(28)26-19/h2-8H,1H3,(H2,23,27)(H2,24,25,26,28). The van der Waals surface area contributed by atoms with Gasteiger partial charge >= 0.3 is 0 Å². The molecule has 0 saturated carbocycles. The van der Waals surface area contributed by atoms with Gasteiger partial charge in [0.2, 0.25) is 0 Å². The molecule has 0 aliphatic rings. The molecule has 0 aliphatic heterocycles. The summed E-state index contributed by atoms with van der Waals surface area (Å²) in [6.45, 7) is 0. The normalized spacial score (nSPS) is 11.0. The van der Waals surface area contributed by atoms with E-state index >= 15 is 0 Å². The number of fused-ring (bicyclic) bond motifs is 3. The molecule has 0 atom stereocenters. The maximum absolute atomic E-state index is 14.8. The number of carbonyl (C=O) groups is 1. The number of nitrogens with one attached hydrogen (secondary N) is 2. The van der Waals surface area contributed by atoms with Gasteiger partial charge in [-0.15, -0.1) is 0 Å². The third kappa shape index (κ3) is 2.92. The van der Waals surface area contributed by atoms with E-state index in [1.165, 1.54) is 6.20 Å². The molecule has 9 heteroatoms. The third-order valence-corrected chi connectivity index (χ3v) is 4.52. The van der Waals surface area contributed by atoms with E-state index in [1.54, 1.807) is 30.3 Å². The summed E-state index contributed by atoms with van der Waals surface area (Å²) < 4.78 is 33.8.